The first-order valence-corrected chi connectivity index (χ1v) is 4.97. The zero-order chi connectivity index (χ0) is 13.8. The zero-order valence-corrected chi connectivity index (χ0v) is 9.24. The second kappa shape index (κ2) is 5.52. The third-order valence-electron chi connectivity index (χ3n) is 2.22. The van der Waals surface area contributed by atoms with Gasteiger partial charge in [-0.15, -0.1) is 0 Å². The predicted octanol–water partition coefficient (Wildman–Crippen LogP) is 1.95. The third-order valence-corrected chi connectivity index (χ3v) is 2.22. The van der Waals surface area contributed by atoms with E-state index >= 15 is 0 Å². The number of carbonyl (C=O) groups is 1. The number of benzene rings is 1. The molecule has 0 fully saturated rings. The van der Waals surface area contributed by atoms with Gasteiger partial charge in [-0.2, -0.15) is 13.2 Å². The molecular formula is C11H11F3N2O2. The fourth-order valence-electron chi connectivity index (χ4n) is 1.46. The van der Waals surface area contributed by atoms with Crippen LogP contribution in [0.15, 0.2) is 29.4 Å². The molecule has 0 heterocycles. The van der Waals surface area contributed by atoms with Crippen LogP contribution >= 0.6 is 0 Å². The average molecular weight is 260 g/mol. The Hall–Kier alpha value is -2.05. The lowest BCUT2D eigenvalue weighted by atomic mass is 10.0. The Morgan fingerprint density at radius 3 is 2.50 bits per heavy atom. The van der Waals surface area contributed by atoms with Gasteiger partial charge < -0.3 is 10.9 Å². The Morgan fingerprint density at radius 1 is 1.33 bits per heavy atom. The van der Waals surface area contributed by atoms with Crippen LogP contribution in [0.5, 0.6) is 0 Å². The summed E-state index contributed by atoms with van der Waals surface area (Å²) in [5.41, 5.74) is 4.13. The molecule has 0 aliphatic carbocycles. The molecule has 0 spiro atoms. The number of rotatable bonds is 4. The van der Waals surface area contributed by atoms with E-state index in [4.69, 9.17) is 10.9 Å². The molecule has 0 bridgehead atoms. The Labute approximate surface area is 101 Å². The second-order valence-electron chi connectivity index (χ2n) is 3.64. The van der Waals surface area contributed by atoms with Gasteiger partial charge in [0.1, 0.15) is 11.6 Å². The number of amidine groups is 1. The van der Waals surface area contributed by atoms with Crippen LogP contribution in [0.3, 0.4) is 0 Å². The summed E-state index contributed by atoms with van der Waals surface area (Å²) in [4.78, 5) is 11.4. The van der Waals surface area contributed by atoms with Crippen LogP contribution in [0.25, 0.3) is 0 Å². The summed E-state index contributed by atoms with van der Waals surface area (Å²) in [7, 11) is 0. The highest BCUT2D eigenvalue weighted by atomic mass is 19.4. The van der Waals surface area contributed by atoms with E-state index in [1.54, 1.807) is 0 Å². The van der Waals surface area contributed by atoms with Crippen molar-refractivity contribution in [2.75, 3.05) is 0 Å². The molecule has 1 aromatic carbocycles. The number of nitrogens with zero attached hydrogens (tertiary/aromatic N) is 1. The zero-order valence-electron chi connectivity index (χ0n) is 9.24. The SMILES string of the molecule is N/C(CC(=O)Cc1ccccc1C(F)(F)F)=N\O. The van der Waals surface area contributed by atoms with E-state index in [0.29, 0.717) is 0 Å². The van der Waals surface area contributed by atoms with Gasteiger partial charge in [0.25, 0.3) is 0 Å². The van der Waals surface area contributed by atoms with Gasteiger partial charge in [0.15, 0.2) is 0 Å². The lowest BCUT2D eigenvalue weighted by Crippen LogP contribution is -2.19. The number of halogens is 3. The number of oxime groups is 1. The normalized spacial score (nSPS) is 12.5. The van der Waals surface area contributed by atoms with E-state index in [-0.39, 0.29) is 17.8 Å². The van der Waals surface area contributed by atoms with Crippen molar-refractivity contribution in [1.82, 2.24) is 0 Å². The number of hydrogen-bond donors (Lipinski definition) is 2. The molecule has 0 radical (unpaired) electrons. The summed E-state index contributed by atoms with van der Waals surface area (Å²) in [5.74, 6) is -0.883. The van der Waals surface area contributed by atoms with Gasteiger partial charge in [0.05, 0.1) is 12.0 Å². The molecule has 1 rings (SSSR count). The third kappa shape index (κ3) is 3.76. The Bertz CT molecular complexity index is 470. The molecular weight excluding hydrogens is 249 g/mol. The summed E-state index contributed by atoms with van der Waals surface area (Å²) in [5, 5.41) is 10.9. The van der Waals surface area contributed by atoms with Crippen molar-refractivity contribution < 1.29 is 23.2 Å². The van der Waals surface area contributed by atoms with Gasteiger partial charge in [-0.1, -0.05) is 23.4 Å². The molecule has 0 aliphatic rings. The summed E-state index contributed by atoms with van der Waals surface area (Å²) in [6.45, 7) is 0. The summed E-state index contributed by atoms with van der Waals surface area (Å²) in [6.07, 6.45) is -5.30. The van der Waals surface area contributed by atoms with Crippen LogP contribution in [0.1, 0.15) is 17.5 Å². The van der Waals surface area contributed by atoms with Crippen molar-refractivity contribution in [2.24, 2.45) is 10.9 Å². The molecule has 4 nitrogen and oxygen atoms in total. The van der Waals surface area contributed by atoms with Gasteiger partial charge in [-0.25, -0.2) is 0 Å². The van der Waals surface area contributed by atoms with Crippen molar-refractivity contribution in [1.29, 1.82) is 0 Å². The Kier molecular flexibility index (Phi) is 4.30. The average Bonchev–Trinajstić information content (AvgIpc) is 2.27. The largest absolute Gasteiger partial charge is 0.416 e. The van der Waals surface area contributed by atoms with Crippen molar-refractivity contribution in [3.63, 3.8) is 0 Å². The fraction of sp³-hybridized carbons (Fsp3) is 0.273. The highest BCUT2D eigenvalue weighted by Crippen LogP contribution is 2.32. The highest BCUT2D eigenvalue weighted by Gasteiger charge is 2.33. The summed E-state index contributed by atoms with van der Waals surface area (Å²) >= 11 is 0. The van der Waals surface area contributed by atoms with Gasteiger partial charge >= 0.3 is 6.18 Å². The van der Waals surface area contributed by atoms with E-state index in [1.807, 2.05) is 0 Å². The number of ketones is 1. The van der Waals surface area contributed by atoms with Gasteiger partial charge in [-0.3, -0.25) is 4.79 Å². The minimum atomic E-state index is -4.51. The van der Waals surface area contributed by atoms with Gasteiger partial charge in [0, 0.05) is 6.42 Å². The maximum atomic E-state index is 12.6. The molecule has 0 saturated carbocycles. The number of Topliss-reactive ketones (excluding diaryl/α,β-unsaturated/α-hetero) is 1. The number of carbonyl (C=O) groups excluding carboxylic acids is 1. The summed E-state index contributed by atoms with van der Waals surface area (Å²) in [6, 6.07) is 4.81. The minimum Gasteiger partial charge on any atom is -0.409 e. The quantitative estimate of drug-likeness (QED) is 0.376. The summed E-state index contributed by atoms with van der Waals surface area (Å²) < 4.78 is 37.9. The van der Waals surface area contributed by atoms with Gasteiger partial charge in [-0.05, 0) is 11.6 Å². The van der Waals surface area contributed by atoms with Crippen LogP contribution in [-0.4, -0.2) is 16.8 Å². The molecule has 0 aliphatic heterocycles. The Balaban J connectivity index is 2.89. The van der Waals surface area contributed by atoms with E-state index in [0.717, 1.165) is 6.07 Å². The number of hydrogen-bond acceptors (Lipinski definition) is 3. The van der Waals surface area contributed by atoms with E-state index in [9.17, 15) is 18.0 Å². The van der Waals surface area contributed by atoms with Crippen LogP contribution in [0.2, 0.25) is 0 Å². The molecule has 3 N–H and O–H groups in total. The number of alkyl halides is 3. The van der Waals surface area contributed by atoms with Crippen LogP contribution in [0, 0.1) is 0 Å². The predicted molar refractivity (Wildman–Crippen MR) is 58.2 cm³/mol. The van der Waals surface area contributed by atoms with Crippen molar-refractivity contribution in [3.8, 4) is 0 Å². The maximum absolute atomic E-state index is 12.6. The molecule has 7 heteroatoms. The first-order valence-electron chi connectivity index (χ1n) is 4.97. The molecule has 0 aromatic heterocycles. The standard InChI is InChI=1S/C11H11F3N2O2/c12-11(13,14)9-4-2-1-3-7(9)5-8(17)6-10(15)16-18/h1-4,18H,5-6H2,(H2,15,16). The molecule has 0 amide bonds. The van der Waals surface area contributed by atoms with E-state index in [1.165, 1.54) is 18.2 Å². The van der Waals surface area contributed by atoms with Crippen molar-refractivity contribution in [3.05, 3.63) is 35.4 Å². The number of nitrogens with two attached hydrogens (primary N) is 1. The molecule has 0 unspecified atom stereocenters. The molecule has 18 heavy (non-hydrogen) atoms. The molecule has 98 valence electrons. The molecule has 0 atom stereocenters. The van der Waals surface area contributed by atoms with Gasteiger partial charge in [0.2, 0.25) is 0 Å². The van der Waals surface area contributed by atoms with Crippen LogP contribution < -0.4 is 5.73 Å². The van der Waals surface area contributed by atoms with Crippen molar-refractivity contribution >= 4 is 11.6 Å². The molecule has 1 aromatic rings. The van der Waals surface area contributed by atoms with Crippen LogP contribution in [-0.2, 0) is 17.4 Å². The van der Waals surface area contributed by atoms with E-state index in [2.05, 4.69) is 5.16 Å². The highest BCUT2D eigenvalue weighted by molar-refractivity contribution is 6.00. The maximum Gasteiger partial charge on any atom is 0.416 e. The molecule has 0 saturated heterocycles. The topological polar surface area (TPSA) is 75.7 Å². The lowest BCUT2D eigenvalue weighted by molar-refractivity contribution is -0.138. The second-order valence-corrected chi connectivity index (χ2v) is 3.64. The fourth-order valence-corrected chi connectivity index (χ4v) is 1.46. The van der Waals surface area contributed by atoms with Crippen LogP contribution in [0.4, 0.5) is 13.2 Å². The van der Waals surface area contributed by atoms with Crippen molar-refractivity contribution in [2.45, 2.75) is 19.0 Å². The monoisotopic (exact) mass is 260 g/mol. The first kappa shape index (κ1) is 14.0. The van der Waals surface area contributed by atoms with E-state index < -0.39 is 23.9 Å². The minimum absolute atomic E-state index is 0.124. The first-order chi connectivity index (χ1) is 8.34. The smallest absolute Gasteiger partial charge is 0.409 e. The lowest BCUT2D eigenvalue weighted by Gasteiger charge is -2.11. The Morgan fingerprint density at radius 2 is 1.94 bits per heavy atom.